The molecular weight excluding hydrogens is 357 g/mol. The van der Waals surface area contributed by atoms with Crippen LogP contribution in [0.4, 0.5) is 15.9 Å². The molecule has 1 saturated heterocycles. The van der Waals surface area contributed by atoms with Crippen molar-refractivity contribution >= 4 is 11.5 Å². The van der Waals surface area contributed by atoms with Gasteiger partial charge in [-0.2, -0.15) is 0 Å². The highest BCUT2D eigenvalue weighted by Gasteiger charge is 2.15. The third-order valence-corrected chi connectivity index (χ3v) is 4.63. The minimum Gasteiger partial charge on any atom is -0.378 e. The Kier molecular flexibility index (Phi) is 5.43. The molecule has 1 aliphatic rings. The average molecular weight is 379 g/mol. The number of ether oxygens (including phenoxy) is 1. The number of benzene rings is 1. The molecule has 0 aliphatic carbocycles. The fraction of sp³-hybridized carbons (Fsp3) is 0.286. The van der Waals surface area contributed by atoms with E-state index in [0.29, 0.717) is 50.2 Å². The van der Waals surface area contributed by atoms with Gasteiger partial charge in [0.2, 0.25) is 0 Å². The topological polar surface area (TPSA) is 63.2 Å². The van der Waals surface area contributed by atoms with E-state index in [-0.39, 0.29) is 5.82 Å². The Morgan fingerprint density at radius 3 is 2.61 bits per heavy atom. The van der Waals surface area contributed by atoms with Gasteiger partial charge >= 0.3 is 0 Å². The predicted molar refractivity (Wildman–Crippen MR) is 107 cm³/mol. The van der Waals surface area contributed by atoms with Crippen LogP contribution in [0.15, 0.2) is 48.8 Å². The van der Waals surface area contributed by atoms with E-state index in [1.54, 1.807) is 18.5 Å². The van der Waals surface area contributed by atoms with Gasteiger partial charge in [0.15, 0.2) is 5.82 Å². The summed E-state index contributed by atoms with van der Waals surface area (Å²) in [6.07, 6.45) is 3.43. The molecule has 3 heterocycles. The van der Waals surface area contributed by atoms with Crippen molar-refractivity contribution in [2.75, 3.05) is 36.5 Å². The highest BCUT2D eigenvalue weighted by molar-refractivity contribution is 5.57. The van der Waals surface area contributed by atoms with Crippen LogP contribution < -0.4 is 10.2 Å². The zero-order valence-electron chi connectivity index (χ0n) is 15.7. The number of halogens is 1. The Morgan fingerprint density at radius 2 is 1.86 bits per heavy atom. The van der Waals surface area contributed by atoms with Gasteiger partial charge in [-0.3, -0.25) is 4.98 Å². The first-order valence-corrected chi connectivity index (χ1v) is 9.30. The molecule has 0 saturated carbocycles. The number of nitrogens with one attached hydrogen (secondary N) is 1. The minimum atomic E-state index is -0.211. The molecule has 6 nitrogen and oxygen atoms in total. The van der Waals surface area contributed by atoms with Gasteiger partial charge in [-0.1, -0.05) is 6.07 Å². The number of hydrogen-bond donors (Lipinski definition) is 1. The number of aromatic nitrogens is 3. The monoisotopic (exact) mass is 379 g/mol. The molecule has 0 unspecified atom stereocenters. The van der Waals surface area contributed by atoms with Crippen molar-refractivity contribution in [3.8, 4) is 11.4 Å². The number of rotatable bonds is 5. The molecule has 144 valence electrons. The average Bonchev–Trinajstić information content (AvgIpc) is 2.73. The summed E-state index contributed by atoms with van der Waals surface area (Å²) in [5.41, 5.74) is 3.25. The SMILES string of the molecule is Cc1cc(NCc2ccc(N3CCOCC3)c(F)c2)nc(-c2ccncc2)n1. The van der Waals surface area contributed by atoms with E-state index in [0.717, 1.165) is 16.8 Å². The van der Waals surface area contributed by atoms with Crippen LogP contribution in [0.2, 0.25) is 0 Å². The van der Waals surface area contributed by atoms with Crippen molar-refractivity contribution in [1.82, 2.24) is 15.0 Å². The fourth-order valence-corrected chi connectivity index (χ4v) is 3.20. The second-order valence-corrected chi connectivity index (χ2v) is 6.69. The summed E-state index contributed by atoms with van der Waals surface area (Å²) in [7, 11) is 0. The van der Waals surface area contributed by atoms with Crippen LogP contribution in [0.5, 0.6) is 0 Å². The van der Waals surface area contributed by atoms with E-state index in [4.69, 9.17) is 4.74 Å². The van der Waals surface area contributed by atoms with Crippen LogP contribution in [0.25, 0.3) is 11.4 Å². The maximum atomic E-state index is 14.6. The van der Waals surface area contributed by atoms with E-state index in [1.165, 1.54) is 0 Å². The number of anilines is 2. The molecule has 0 radical (unpaired) electrons. The molecule has 1 aromatic carbocycles. The zero-order valence-corrected chi connectivity index (χ0v) is 15.7. The van der Waals surface area contributed by atoms with Gasteiger partial charge in [-0.15, -0.1) is 0 Å². The molecule has 1 aliphatic heterocycles. The highest BCUT2D eigenvalue weighted by atomic mass is 19.1. The third-order valence-electron chi connectivity index (χ3n) is 4.63. The quantitative estimate of drug-likeness (QED) is 0.733. The molecule has 1 N–H and O–H groups in total. The minimum absolute atomic E-state index is 0.211. The molecule has 0 bridgehead atoms. The molecule has 28 heavy (non-hydrogen) atoms. The smallest absolute Gasteiger partial charge is 0.161 e. The summed E-state index contributed by atoms with van der Waals surface area (Å²) >= 11 is 0. The number of aryl methyl sites for hydroxylation is 1. The van der Waals surface area contributed by atoms with Crippen molar-refractivity contribution in [2.24, 2.45) is 0 Å². The summed E-state index contributed by atoms with van der Waals surface area (Å²) in [5, 5.41) is 3.27. The number of nitrogens with zero attached hydrogens (tertiary/aromatic N) is 4. The Morgan fingerprint density at radius 1 is 1.07 bits per heavy atom. The summed E-state index contributed by atoms with van der Waals surface area (Å²) in [6.45, 7) is 5.10. The lowest BCUT2D eigenvalue weighted by Gasteiger charge is -2.29. The van der Waals surface area contributed by atoms with Gasteiger partial charge in [0.05, 0.1) is 18.9 Å². The summed E-state index contributed by atoms with van der Waals surface area (Å²) in [6, 6.07) is 11.0. The zero-order chi connectivity index (χ0) is 19.3. The molecule has 0 spiro atoms. The van der Waals surface area contributed by atoms with Crippen molar-refractivity contribution in [1.29, 1.82) is 0 Å². The molecule has 7 heteroatoms. The van der Waals surface area contributed by atoms with Gasteiger partial charge in [-0.25, -0.2) is 14.4 Å². The van der Waals surface area contributed by atoms with Crippen LogP contribution in [-0.4, -0.2) is 41.3 Å². The Balaban J connectivity index is 1.47. The largest absolute Gasteiger partial charge is 0.378 e. The van der Waals surface area contributed by atoms with Crippen LogP contribution in [0.1, 0.15) is 11.3 Å². The van der Waals surface area contributed by atoms with Crippen LogP contribution in [0.3, 0.4) is 0 Å². The van der Waals surface area contributed by atoms with Gasteiger partial charge in [0.25, 0.3) is 0 Å². The Hall–Kier alpha value is -3.06. The third kappa shape index (κ3) is 4.26. The Bertz CT molecular complexity index is 945. The standard InChI is InChI=1S/C21H22FN5O/c1-15-12-20(26-21(25-15)17-4-6-23-7-5-17)24-14-16-2-3-19(18(22)13-16)27-8-10-28-11-9-27/h2-7,12-13H,8-11,14H2,1H3,(H,24,25,26). The summed E-state index contributed by atoms with van der Waals surface area (Å²) in [4.78, 5) is 15.1. The second-order valence-electron chi connectivity index (χ2n) is 6.69. The van der Waals surface area contributed by atoms with Gasteiger partial charge < -0.3 is 15.0 Å². The Labute approximate surface area is 163 Å². The lowest BCUT2D eigenvalue weighted by Crippen LogP contribution is -2.36. The predicted octanol–water partition coefficient (Wildman–Crippen LogP) is 3.43. The number of morpholine rings is 1. The lowest BCUT2D eigenvalue weighted by molar-refractivity contribution is 0.122. The molecule has 2 aromatic heterocycles. The van der Waals surface area contributed by atoms with Gasteiger partial charge in [-0.05, 0) is 36.8 Å². The van der Waals surface area contributed by atoms with E-state index in [1.807, 2.05) is 42.2 Å². The molecule has 0 amide bonds. The lowest BCUT2D eigenvalue weighted by atomic mass is 10.1. The number of hydrogen-bond acceptors (Lipinski definition) is 6. The van der Waals surface area contributed by atoms with E-state index < -0.39 is 0 Å². The van der Waals surface area contributed by atoms with Crippen molar-refractivity contribution in [2.45, 2.75) is 13.5 Å². The van der Waals surface area contributed by atoms with Gasteiger partial charge in [0, 0.05) is 49.4 Å². The first-order chi connectivity index (χ1) is 13.7. The van der Waals surface area contributed by atoms with Gasteiger partial charge in [0.1, 0.15) is 11.6 Å². The fourth-order valence-electron chi connectivity index (χ4n) is 3.20. The number of pyridine rings is 1. The first-order valence-electron chi connectivity index (χ1n) is 9.30. The first kappa shape index (κ1) is 18.3. The molecule has 4 rings (SSSR count). The van der Waals surface area contributed by atoms with Crippen molar-refractivity contribution in [3.05, 3.63) is 65.9 Å². The maximum Gasteiger partial charge on any atom is 0.161 e. The maximum absolute atomic E-state index is 14.6. The van der Waals surface area contributed by atoms with Crippen LogP contribution in [0, 0.1) is 12.7 Å². The summed E-state index contributed by atoms with van der Waals surface area (Å²) < 4.78 is 19.9. The normalized spacial score (nSPS) is 14.1. The van der Waals surface area contributed by atoms with Crippen LogP contribution in [-0.2, 0) is 11.3 Å². The van der Waals surface area contributed by atoms with E-state index in [2.05, 4.69) is 20.3 Å². The molecule has 3 aromatic rings. The van der Waals surface area contributed by atoms with Crippen LogP contribution >= 0.6 is 0 Å². The van der Waals surface area contributed by atoms with E-state index in [9.17, 15) is 4.39 Å². The van der Waals surface area contributed by atoms with Crippen molar-refractivity contribution < 1.29 is 9.13 Å². The molecule has 1 fully saturated rings. The second kappa shape index (κ2) is 8.31. The highest BCUT2D eigenvalue weighted by Crippen LogP contribution is 2.22. The van der Waals surface area contributed by atoms with Crippen molar-refractivity contribution in [3.63, 3.8) is 0 Å². The van der Waals surface area contributed by atoms with E-state index >= 15 is 0 Å². The molecule has 0 atom stereocenters. The molecular formula is C21H22FN5O. The summed E-state index contributed by atoms with van der Waals surface area (Å²) in [5.74, 6) is 1.13.